The second-order valence-electron chi connectivity index (χ2n) is 5.98. The van der Waals surface area contributed by atoms with E-state index in [2.05, 4.69) is 15.0 Å². The van der Waals surface area contributed by atoms with Gasteiger partial charge >= 0.3 is 12.2 Å². The molecular weight excluding hydrogens is 351 g/mol. The number of nitrogens with one attached hydrogen (secondary N) is 1. The zero-order chi connectivity index (χ0) is 19.0. The third kappa shape index (κ3) is 6.72. The minimum Gasteiger partial charge on any atom is -0.495 e. The van der Waals surface area contributed by atoms with Gasteiger partial charge in [0.25, 0.3) is 0 Å². The number of carbonyl (C=O) groups is 1. The molecule has 0 aromatic heterocycles. The molecule has 0 radical (unpaired) electrons. The van der Waals surface area contributed by atoms with E-state index in [-0.39, 0.29) is 12.6 Å². The van der Waals surface area contributed by atoms with E-state index in [9.17, 15) is 18.0 Å². The summed E-state index contributed by atoms with van der Waals surface area (Å²) < 4.78 is 45.7. The van der Waals surface area contributed by atoms with E-state index in [1.54, 1.807) is 24.1 Å². The average Bonchev–Trinajstić information content (AvgIpc) is 2.61. The second-order valence-corrected chi connectivity index (χ2v) is 5.98. The van der Waals surface area contributed by atoms with Crippen LogP contribution in [0.25, 0.3) is 0 Å². The van der Waals surface area contributed by atoms with E-state index in [0.29, 0.717) is 50.6 Å². The Hall–Kier alpha value is -2.00. The fraction of sp³-hybridized carbons (Fsp3) is 0.588. The van der Waals surface area contributed by atoms with Crippen molar-refractivity contribution in [1.82, 2.24) is 9.80 Å². The summed E-state index contributed by atoms with van der Waals surface area (Å²) in [5, 5.41) is 2.84. The van der Waals surface area contributed by atoms with Gasteiger partial charge in [0.1, 0.15) is 12.4 Å². The second kappa shape index (κ2) is 9.63. The quantitative estimate of drug-likeness (QED) is 0.745. The molecule has 1 saturated heterocycles. The van der Waals surface area contributed by atoms with Gasteiger partial charge in [-0.05, 0) is 18.6 Å². The van der Waals surface area contributed by atoms with Gasteiger partial charge in [-0.1, -0.05) is 12.1 Å². The van der Waals surface area contributed by atoms with Gasteiger partial charge in [-0.25, -0.2) is 4.79 Å². The molecule has 1 aromatic carbocycles. The zero-order valence-corrected chi connectivity index (χ0v) is 14.7. The number of anilines is 1. The lowest BCUT2D eigenvalue weighted by Crippen LogP contribution is -2.50. The number of ether oxygens (including phenoxy) is 2. The Morgan fingerprint density at radius 3 is 2.54 bits per heavy atom. The van der Waals surface area contributed by atoms with Crippen LogP contribution < -0.4 is 10.1 Å². The predicted octanol–water partition coefficient (Wildman–Crippen LogP) is 2.81. The van der Waals surface area contributed by atoms with Crippen LogP contribution in [-0.4, -0.2) is 75.1 Å². The maximum absolute atomic E-state index is 12.3. The number of amides is 2. The molecule has 2 amide bonds. The number of hydrogen-bond acceptors (Lipinski definition) is 4. The molecule has 0 atom stereocenters. The number of para-hydroxylation sites is 2. The first-order valence-electron chi connectivity index (χ1n) is 8.45. The molecule has 1 aliphatic heterocycles. The van der Waals surface area contributed by atoms with Crippen LogP contribution in [0, 0.1) is 0 Å². The van der Waals surface area contributed by atoms with Crippen molar-refractivity contribution in [3.05, 3.63) is 24.3 Å². The number of alkyl halides is 3. The highest BCUT2D eigenvalue weighted by Crippen LogP contribution is 2.23. The molecule has 0 saturated carbocycles. The van der Waals surface area contributed by atoms with Crippen molar-refractivity contribution >= 4 is 11.7 Å². The SMILES string of the molecule is COc1ccccc1NC(=O)N1CCN(CCCOCC(F)(F)F)CC1. The molecule has 1 N–H and O–H groups in total. The Bertz CT molecular complexity index is 576. The predicted molar refractivity (Wildman–Crippen MR) is 91.5 cm³/mol. The molecule has 1 heterocycles. The van der Waals surface area contributed by atoms with Crippen molar-refractivity contribution in [1.29, 1.82) is 0 Å². The lowest BCUT2D eigenvalue weighted by atomic mass is 10.3. The lowest BCUT2D eigenvalue weighted by molar-refractivity contribution is -0.174. The van der Waals surface area contributed by atoms with Crippen molar-refractivity contribution < 1.29 is 27.4 Å². The summed E-state index contributed by atoms with van der Waals surface area (Å²) in [5.41, 5.74) is 0.615. The highest BCUT2D eigenvalue weighted by atomic mass is 19.4. The minimum absolute atomic E-state index is 0.0774. The maximum atomic E-state index is 12.3. The monoisotopic (exact) mass is 375 g/mol. The fourth-order valence-electron chi connectivity index (χ4n) is 2.69. The van der Waals surface area contributed by atoms with E-state index in [1.165, 1.54) is 0 Å². The van der Waals surface area contributed by atoms with Gasteiger partial charge < -0.3 is 19.7 Å². The van der Waals surface area contributed by atoms with Crippen molar-refractivity contribution in [2.45, 2.75) is 12.6 Å². The average molecular weight is 375 g/mol. The van der Waals surface area contributed by atoms with Crippen molar-refractivity contribution in [2.24, 2.45) is 0 Å². The molecule has 6 nitrogen and oxygen atoms in total. The van der Waals surface area contributed by atoms with Gasteiger partial charge in [0, 0.05) is 39.3 Å². The van der Waals surface area contributed by atoms with E-state index in [4.69, 9.17) is 4.74 Å². The highest BCUT2D eigenvalue weighted by Gasteiger charge is 2.27. The summed E-state index contributed by atoms with van der Waals surface area (Å²) in [6.45, 7) is 2.00. The Morgan fingerprint density at radius 2 is 1.88 bits per heavy atom. The molecule has 9 heteroatoms. The van der Waals surface area contributed by atoms with E-state index in [0.717, 1.165) is 0 Å². The number of rotatable bonds is 7. The Labute approximate surface area is 150 Å². The van der Waals surface area contributed by atoms with Gasteiger partial charge in [0.15, 0.2) is 0 Å². The van der Waals surface area contributed by atoms with Gasteiger partial charge in [-0.2, -0.15) is 13.2 Å². The summed E-state index contributed by atoms with van der Waals surface area (Å²) in [5.74, 6) is 0.596. The van der Waals surface area contributed by atoms with Gasteiger partial charge in [0.05, 0.1) is 12.8 Å². The van der Waals surface area contributed by atoms with E-state index in [1.807, 2.05) is 12.1 Å². The first-order valence-corrected chi connectivity index (χ1v) is 8.45. The molecule has 0 aliphatic carbocycles. The molecule has 0 unspecified atom stereocenters. The molecule has 146 valence electrons. The fourth-order valence-corrected chi connectivity index (χ4v) is 2.69. The van der Waals surface area contributed by atoms with E-state index >= 15 is 0 Å². The van der Waals surface area contributed by atoms with Crippen LogP contribution in [0.4, 0.5) is 23.7 Å². The summed E-state index contributed by atoms with van der Waals surface area (Å²) in [4.78, 5) is 16.2. The molecular formula is C17H24F3N3O3. The van der Waals surface area contributed by atoms with Crippen molar-refractivity contribution in [3.8, 4) is 5.75 Å². The van der Waals surface area contributed by atoms with Crippen LogP contribution in [0.15, 0.2) is 24.3 Å². The van der Waals surface area contributed by atoms with Crippen LogP contribution in [0.3, 0.4) is 0 Å². The molecule has 2 rings (SSSR count). The number of benzene rings is 1. The first kappa shape index (κ1) is 20.3. The molecule has 1 aliphatic rings. The summed E-state index contributed by atoms with van der Waals surface area (Å²) in [7, 11) is 1.54. The molecule has 26 heavy (non-hydrogen) atoms. The Kier molecular flexibility index (Phi) is 7.52. The molecule has 0 bridgehead atoms. The third-order valence-electron chi connectivity index (χ3n) is 4.04. The smallest absolute Gasteiger partial charge is 0.411 e. The summed E-state index contributed by atoms with van der Waals surface area (Å²) in [6.07, 6.45) is -3.75. The lowest BCUT2D eigenvalue weighted by Gasteiger charge is -2.34. The standard InChI is InChI=1S/C17H24F3N3O3/c1-25-15-6-3-2-5-14(15)21-16(24)23-10-8-22(9-11-23)7-4-12-26-13-17(18,19)20/h2-3,5-6H,4,7-13H2,1H3,(H,21,24). The van der Waals surface area contributed by atoms with Crippen LogP contribution in [0.2, 0.25) is 0 Å². The minimum atomic E-state index is -4.28. The molecule has 0 spiro atoms. The van der Waals surface area contributed by atoms with Crippen LogP contribution in [0.1, 0.15) is 6.42 Å². The van der Waals surface area contributed by atoms with Crippen molar-refractivity contribution in [3.63, 3.8) is 0 Å². The Balaban J connectivity index is 1.67. The van der Waals surface area contributed by atoms with Crippen LogP contribution >= 0.6 is 0 Å². The summed E-state index contributed by atoms with van der Waals surface area (Å²) in [6, 6.07) is 6.99. The molecule has 1 aromatic rings. The van der Waals surface area contributed by atoms with Gasteiger partial charge in [0.2, 0.25) is 0 Å². The first-order chi connectivity index (χ1) is 12.4. The number of carbonyl (C=O) groups excluding carboxylic acids is 1. The highest BCUT2D eigenvalue weighted by molar-refractivity contribution is 5.91. The van der Waals surface area contributed by atoms with Gasteiger partial charge in [-0.15, -0.1) is 0 Å². The maximum Gasteiger partial charge on any atom is 0.411 e. The Morgan fingerprint density at radius 1 is 1.19 bits per heavy atom. The topological polar surface area (TPSA) is 54.0 Å². The number of urea groups is 1. The number of halogens is 3. The summed E-state index contributed by atoms with van der Waals surface area (Å²) >= 11 is 0. The third-order valence-corrected chi connectivity index (χ3v) is 4.04. The normalized spacial score (nSPS) is 15.8. The van der Waals surface area contributed by atoms with Crippen LogP contribution in [0.5, 0.6) is 5.75 Å². The van der Waals surface area contributed by atoms with E-state index < -0.39 is 12.8 Å². The van der Waals surface area contributed by atoms with Crippen LogP contribution in [-0.2, 0) is 4.74 Å². The number of hydrogen-bond donors (Lipinski definition) is 1. The number of nitrogens with zero attached hydrogens (tertiary/aromatic N) is 2. The molecule has 1 fully saturated rings. The van der Waals surface area contributed by atoms with Gasteiger partial charge in [-0.3, -0.25) is 4.90 Å². The largest absolute Gasteiger partial charge is 0.495 e. The number of piperazine rings is 1. The number of methoxy groups -OCH3 is 1. The van der Waals surface area contributed by atoms with Crippen molar-refractivity contribution in [2.75, 3.05) is 58.4 Å². The zero-order valence-electron chi connectivity index (χ0n) is 14.7.